The maximum absolute atomic E-state index is 2.55. The molecule has 2 atom stereocenters. The van der Waals surface area contributed by atoms with Crippen LogP contribution in [0.15, 0.2) is 138 Å². The SMILES string of the molecule is CC(C)c1cc(C2=CC3=C(c4ccccc4)C4=C(CC5C=CC=CC5C(=C2)C3)c2cccc3c2=C4CCC=3)ccc1C1=CCCC=C1. The van der Waals surface area contributed by atoms with Crippen molar-refractivity contribution in [2.24, 2.45) is 11.8 Å². The van der Waals surface area contributed by atoms with Crippen LogP contribution in [0.1, 0.15) is 86.1 Å². The van der Waals surface area contributed by atoms with E-state index in [9.17, 15) is 0 Å². The fourth-order valence-electron chi connectivity index (χ4n) is 9.07. The van der Waals surface area contributed by atoms with Crippen LogP contribution in [-0.4, -0.2) is 0 Å². The van der Waals surface area contributed by atoms with Crippen LogP contribution in [0.4, 0.5) is 0 Å². The van der Waals surface area contributed by atoms with Gasteiger partial charge < -0.3 is 0 Å². The molecule has 6 aliphatic rings. The second-order valence-electron chi connectivity index (χ2n) is 14.4. The Morgan fingerprint density at radius 3 is 2.45 bits per heavy atom. The summed E-state index contributed by atoms with van der Waals surface area (Å²) in [6, 6.07) is 25.6. The van der Waals surface area contributed by atoms with Crippen molar-refractivity contribution < 1.29 is 0 Å². The summed E-state index contributed by atoms with van der Waals surface area (Å²) in [6.07, 6.45) is 30.7. The fourth-order valence-corrected chi connectivity index (χ4v) is 9.07. The van der Waals surface area contributed by atoms with Crippen molar-refractivity contribution in [3.63, 3.8) is 0 Å². The monoisotopic (exact) mass is 606 g/mol. The van der Waals surface area contributed by atoms with Crippen molar-refractivity contribution in [3.8, 4) is 0 Å². The molecule has 2 unspecified atom stereocenters. The number of fused-ring (bicyclic) bond motifs is 6. The van der Waals surface area contributed by atoms with E-state index in [1.54, 1.807) is 16.7 Å². The van der Waals surface area contributed by atoms with Crippen LogP contribution in [0, 0.1) is 11.8 Å². The highest BCUT2D eigenvalue weighted by Gasteiger charge is 2.35. The van der Waals surface area contributed by atoms with Crippen molar-refractivity contribution >= 4 is 33.9 Å². The van der Waals surface area contributed by atoms with Gasteiger partial charge in [0.25, 0.3) is 0 Å². The number of rotatable bonds is 4. The molecule has 0 aromatic heterocycles. The minimum absolute atomic E-state index is 0.385. The first-order chi connectivity index (χ1) is 23.1. The molecule has 0 amide bonds. The lowest BCUT2D eigenvalue weighted by Gasteiger charge is -2.29. The molecule has 0 radical (unpaired) electrons. The molecule has 0 saturated heterocycles. The van der Waals surface area contributed by atoms with Crippen molar-refractivity contribution in [3.05, 3.63) is 176 Å². The molecule has 9 rings (SSSR count). The van der Waals surface area contributed by atoms with Gasteiger partial charge in [-0.05, 0) is 128 Å². The first-order valence-electron chi connectivity index (χ1n) is 17.8. The molecule has 0 fully saturated rings. The highest BCUT2D eigenvalue weighted by Crippen LogP contribution is 2.51. The Bertz CT molecular complexity index is 2200. The Balaban J connectivity index is 1.32. The van der Waals surface area contributed by atoms with E-state index in [0.29, 0.717) is 17.8 Å². The lowest BCUT2D eigenvalue weighted by Crippen LogP contribution is -2.30. The van der Waals surface area contributed by atoms with Gasteiger partial charge in [0.2, 0.25) is 0 Å². The molecule has 0 spiro atoms. The standard InChI is InChI=1S/C47H42/c1-30(2)43-28-34(23-24-40(43)31-13-5-3-6-14-31)36-25-37-27-38(26-36)45(32-15-7-4-8-16-32)47-42-22-12-19-33-18-11-21-41(46(33)42)44(47)29-35-17-9-10-20-39(35)37/h4-5,7-11,13-21,23-26,28,30,35,39H,3,6,12,22,27,29H2,1-2H3. The van der Waals surface area contributed by atoms with Gasteiger partial charge in [-0.15, -0.1) is 0 Å². The molecule has 0 N–H and O–H groups in total. The summed E-state index contributed by atoms with van der Waals surface area (Å²) in [5, 5.41) is 2.93. The van der Waals surface area contributed by atoms with Crippen LogP contribution in [0.3, 0.4) is 0 Å². The zero-order chi connectivity index (χ0) is 31.5. The van der Waals surface area contributed by atoms with E-state index in [2.05, 4.69) is 141 Å². The first kappa shape index (κ1) is 28.5. The van der Waals surface area contributed by atoms with Gasteiger partial charge in [0.1, 0.15) is 0 Å². The average molecular weight is 607 g/mol. The summed E-state index contributed by atoms with van der Waals surface area (Å²) in [6.45, 7) is 4.69. The summed E-state index contributed by atoms with van der Waals surface area (Å²) in [7, 11) is 0. The minimum Gasteiger partial charge on any atom is -0.0836 e. The van der Waals surface area contributed by atoms with Crippen molar-refractivity contribution in [2.75, 3.05) is 0 Å². The third-order valence-corrected chi connectivity index (χ3v) is 11.2. The first-order valence-corrected chi connectivity index (χ1v) is 17.8. The van der Waals surface area contributed by atoms with Gasteiger partial charge in [-0.25, -0.2) is 0 Å². The van der Waals surface area contributed by atoms with Gasteiger partial charge in [0, 0.05) is 5.92 Å². The summed E-state index contributed by atoms with van der Waals surface area (Å²) in [4.78, 5) is 0. The molecular weight excluding hydrogens is 565 g/mol. The molecule has 0 aliphatic heterocycles. The van der Waals surface area contributed by atoms with Crippen LogP contribution >= 0.6 is 0 Å². The Morgan fingerprint density at radius 2 is 1.60 bits per heavy atom. The molecule has 0 heterocycles. The Kier molecular flexibility index (Phi) is 7.00. The largest absolute Gasteiger partial charge is 0.0836 e. The zero-order valence-corrected chi connectivity index (χ0v) is 27.6. The van der Waals surface area contributed by atoms with Crippen molar-refractivity contribution in [1.29, 1.82) is 0 Å². The highest BCUT2D eigenvalue weighted by atomic mass is 14.4. The topological polar surface area (TPSA) is 0 Å². The fraction of sp³-hybridized carbons (Fsp3) is 0.234. The van der Waals surface area contributed by atoms with Crippen molar-refractivity contribution in [1.82, 2.24) is 0 Å². The highest BCUT2D eigenvalue weighted by molar-refractivity contribution is 6.08. The van der Waals surface area contributed by atoms with Gasteiger partial charge in [-0.3, -0.25) is 0 Å². The Morgan fingerprint density at radius 1 is 0.702 bits per heavy atom. The van der Waals surface area contributed by atoms with Crippen LogP contribution in [0.5, 0.6) is 0 Å². The zero-order valence-electron chi connectivity index (χ0n) is 27.6. The van der Waals surface area contributed by atoms with Crippen molar-refractivity contribution in [2.45, 2.75) is 58.3 Å². The minimum atomic E-state index is 0.385. The van der Waals surface area contributed by atoms with Gasteiger partial charge in [0.05, 0.1) is 0 Å². The van der Waals surface area contributed by atoms with E-state index < -0.39 is 0 Å². The van der Waals surface area contributed by atoms with E-state index in [0.717, 1.165) is 38.5 Å². The summed E-state index contributed by atoms with van der Waals surface area (Å²) in [5.74, 6) is 1.27. The van der Waals surface area contributed by atoms with Crippen LogP contribution in [-0.2, 0) is 0 Å². The predicted octanol–water partition coefficient (Wildman–Crippen LogP) is 10.7. The van der Waals surface area contributed by atoms with Gasteiger partial charge in [-0.2, -0.15) is 0 Å². The second kappa shape index (κ2) is 11.5. The molecular formula is C47H42. The molecule has 230 valence electrons. The number of hydrogen-bond donors (Lipinski definition) is 0. The third-order valence-electron chi connectivity index (χ3n) is 11.2. The lowest BCUT2D eigenvalue weighted by atomic mass is 9.74. The molecule has 0 saturated carbocycles. The van der Waals surface area contributed by atoms with E-state index >= 15 is 0 Å². The number of benzene rings is 3. The van der Waals surface area contributed by atoms with E-state index in [1.165, 1.54) is 66.1 Å². The molecule has 3 aromatic carbocycles. The third kappa shape index (κ3) is 4.80. The van der Waals surface area contributed by atoms with E-state index in [4.69, 9.17) is 0 Å². The van der Waals surface area contributed by atoms with Crippen LogP contribution in [0.2, 0.25) is 0 Å². The molecule has 6 aliphatic carbocycles. The normalized spacial score (nSPS) is 22.4. The predicted molar refractivity (Wildman–Crippen MR) is 201 cm³/mol. The maximum atomic E-state index is 2.55. The Labute approximate surface area is 279 Å². The summed E-state index contributed by atoms with van der Waals surface area (Å²) < 4.78 is 0. The number of hydrogen-bond acceptors (Lipinski definition) is 0. The smallest absolute Gasteiger partial charge is 0.00527 e. The maximum Gasteiger partial charge on any atom is 0.00527 e. The van der Waals surface area contributed by atoms with Gasteiger partial charge in [-0.1, -0.05) is 147 Å². The van der Waals surface area contributed by atoms with Crippen LogP contribution in [0.25, 0.3) is 33.9 Å². The van der Waals surface area contributed by atoms with Gasteiger partial charge >= 0.3 is 0 Å². The van der Waals surface area contributed by atoms with E-state index in [1.807, 2.05) is 0 Å². The molecule has 2 bridgehead atoms. The lowest BCUT2D eigenvalue weighted by molar-refractivity contribution is 0.532. The van der Waals surface area contributed by atoms with Crippen LogP contribution < -0.4 is 10.4 Å². The Hall–Kier alpha value is -4.68. The number of allylic oxidation sites excluding steroid dienone is 16. The molecule has 47 heavy (non-hydrogen) atoms. The average Bonchev–Trinajstić information content (AvgIpc) is 3.44. The van der Waals surface area contributed by atoms with Gasteiger partial charge in [0.15, 0.2) is 0 Å². The second-order valence-corrected chi connectivity index (χ2v) is 14.4. The van der Waals surface area contributed by atoms with E-state index in [-0.39, 0.29) is 0 Å². The quantitative estimate of drug-likeness (QED) is 0.277. The summed E-state index contributed by atoms with van der Waals surface area (Å²) >= 11 is 0. The molecule has 0 nitrogen and oxygen atoms in total. The molecule has 3 aromatic rings. The molecule has 0 heteroatoms. The summed E-state index contributed by atoms with van der Waals surface area (Å²) in [5.41, 5.74) is 18.8.